The predicted molar refractivity (Wildman–Crippen MR) is 70.6 cm³/mol. The first-order valence-electron chi connectivity index (χ1n) is 4.72. The molecule has 0 radical (unpaired) electrons. The Morgan fingerprint density at radius 1 is 1.40 bits per heavy atom. The summed E-state index contributed by atoms with van der Waals surface area (Å²) in [6.07, 6.45) is 0. The molecule has 2 rings (SSSR count). The van der Waals surface area contributed by atoms with Gasteiger partial charge in [-0.05, 0) is 17.7 Å². The van der Waals surface area contributed by atoms with Gasteiger partial charge in [0.25, 0.3) is 0 Å². The van der Waals surface area contributed by atoms with E-state index >= 15 is 0 Å². The molecule has 80 valence electrons. The quantitative estimate of drug-likeness (QED) is 0.662. The maximum Gasteiger partial charge on any atom is 0.175 e. The summed E-state index contributed by atoms with van der Waals surface area (Å²) < 4.78 is 0. The van der Waals surface area contributed by atoms with Crippen molar-refractivity contribution in [1.29, 1.82) is 0 Å². The van der Waals surface area contributed by atoms with Crippen molar-refractivity contribution in [2.45, 2.75) is 5.33 Å². The van der Waals surface area contributed by atoms with Crippen molar-refractivity contribution in [2.75, 3.05) is 17.7 Å². The van der Waals surface area contributed by atoms with E-state index < -0.39 is 0 Å². The standard InChI is InChI=1S/C10H12BrN3S/c11-7-8-2-1-3-9(6-8)13-14-10-12-4-5-15-10/h1-3,6,13H,4-5,7H2,(H,12,14). The normalized spacial score (nSPS) is 14.9. The minimum Gasteiger partial charge on any atom is -0.299 e. The van der Waals surface area contributed by atoms with Gasteiger partial charge in [0.2, 0.25) is 0 Å². The van der Waals surface area contributed by atoms with Crippen LogP contribution in [0.2, 0.25) is 0 Å². The number of hydrazine groups is 1. The second kappa shape index (κ2) is 5.42. The number of rotatable bonds is 3. The summed E-state index contributed by atoms with van der Waals surface area (Å²) in [5.74, 6) is 1.07. The van der Waals surface area contributed by atoms with Gasteiger partial charge >= 0.3 is 0 Å². The fourth-order valence-electron chi connectivity index (χ4n) is 1.27. The molecule has 1 heterocycles. The predicted octanol–water partition coefficient (Wildman–Crippen LogP) is 2.60. The Morgan fingerprint density at radius 2 is 2.33 bits per heavy atom. The van der Waals surface area contributed by atoms with E-state index in [2.05, 4.69) is 43.9 Å². The minimum atomic E-state index is 0.873. The first-order chi connectivity index (χ1) is 7.38. The molecular formula is C10H12BrN3S. The zero-order chi connectivity index (χ0) is 10.5. The molecule has 2 N–H and O–H groups in total. The average Bonchev–Trinajstić information content (AvgIpc) is 2.79. The number of thioether (sulfide) groups is 1. The summed E-state index contributed by atoms with van der Waals surface area (Å²) in [7, 11) is 0. The maximum absolute atomic E-state index is 4.29. The third-order valence-electron chi connectivity index (χ3n) is 1.98. The highest BCUT2D eigenvalue weighted by atomic mass is 79.9. The topological polar surface area (TPSA) is 36.4 Å². The van der Waals surface area contributed by atoms with E-state index in [1.807, 2.05) is 12.1 Å². The number of nitrogens with zero attached hydrogens (tertiary/aromatic N) is 1. The fraction of sp³-hybridized carbons (Fsp3) is 0.300. The van der Waals surface area contributed by atoms with Gasteiger partial charge in [0.1, 0.15) is 0 Å². The molecule has 3 nitrogen and oxygen atoms in total. The molecule has 0 fully saturated rings. The van der Waals surface area contributed by atoms with Crippen LogP contribution in [0.4, 0.5) is 5.69 Å². The Morgan fingerprint density at radius 3 is 3.07 bits per heavy atom. The zero-order valence-electron chi connectivity index (χ0n) is 8.16. The SMILES string of the molecule is BrCc1cccc(NNC2=NCCS2)c1. The Labute approximate surface area is 102 Å². The second-order valence-electron chi connectivity index (χ2n) is 3.12. The molecule has 0 amide bonds. The van der Waals surface area contributed by atoms with Crippen molar-refractivity contribution < 1.29 is 0 Å². The van der Waals surface area contributed by atoms with E-state index in [-0.39, 0.29) is 0 Å². The molecule has 1 aliphatic rings. The number of halogens is 1. The average molecular weight is 286 g/mol. The van der Waals surface area contributed by atoms with Crippen molar-refractivity contribution in [1.82, 2.24) is 5.43 Å². The molecule has 1 aliphatic heterocycles. The van der Waals surface area contributed by atoms with Crippen molar-refractivity contribution in [3.63, 3.8) is 0 Å². The number of anilines is 1. The molecule has 0 atom stereocenters. The van der Waals surface area contributed by atoms with Gasteiger partial charge in [0.05, 0.1) is 12.2 Å². The fourth-order valence-corrected chi connectivity index (χ4v) is 2.30. The van der Waals surface area contributed by atoms with E-state index in [1.54, 1.807) is 11.8 Å². The number of benzene rings is 1. The van der Waals surface area contributed by atoms with Crippen LogP contribution in [0.1, 0.15) is 5.56 Å². The highest BCUT2D eigenvalue weighted by Gasteiger charge is 2.05. The lowest BCUT2D eigenvalue weighted by Gasteiger charge is -2.09. The van der Waals surface area contributed by atoms with Crippen LogP contribution in [-0.2, 0) is 5.33 Å². The first kappa shape index (κ1) is 10.8. The lowest BCUT2D eigenvalue weighted by molar-refractivity contribution is 1.10. The summed E-state index contributed by atoms with van der Waals surface area (Å²) in [5, 5.41) is 1.84. The highest BCUT2D eigenvalue weighted by Crippen LogP contribution is 2.13. The van der Waals surface area contributed by atoms with Crippen LogP contribution in [-0.4, -0.2) is 17.5 Å². The van der Waals surface area contributed by atoms with Gasteiger partial charge in [0, 0.05) is 11.1 Å². The minimum absolute atomic E-state index is 0.873. The van der Waals surface area contributed by atoms with Crippen LogP contribution in [0.5, 0.6) is 0 Å². The van der Waals surface area contributed by atoms with Crippen LogP contribution in [0.25, 0.3) is 0 Å². The Kier molecular flexibility index (Phi) is 3.91. The van der Waals surface area contributed by atoms with Gasteiger partial charge in [-0.1, -0.05) is 39.8 Å². The first-order valence-corrected chi connectivity index (χ1v) is 6.83. The molecule has 0 unspecified atom stereocenters. The lowest BCUT2D eigenvalue weighted by atomic mass is 10.2. The maximum atomic E-state index is 4.29. The Balaban J connectivity index is 1.92. The largest absolute Gasteiger partial charge is 0.299 e. The van der Waals surface area contributed by atoms with E-state index in [1.165, 1.54) is 5.56 Å². The van der Waals surface area contributed by atoms with Crippen molar-refractivity contribution in [3.8, 4) is 0 Å². The van der Waals surface area contributed by atoms with Crippen LogP contribution in [0.15, 0.2) is 29.3 Å². The summed E-state index contributed by atoms with van der Waals surface area (Å²) in [5.41, 5.74) is 8.55. The molecule has 5 heteroatoms. The summed E-state index contributed by atoms with van der Waals surface area (Å²) in [4.78, 5) is 4.29. The molecule has 1 aromatic rings. The van der Waals surface area contributed by atoms with Crippen molar-refractivity contribution in [3.05, 3.63) is 29.8 Å². The van der Waals surface area contributed by atoms with Gasteiger partial charge in [-0.2, -0.15) is 0 Å². The summed E-state index contributed by atoms with van der Waals surface area (Å²) in [6, 6.07) is 8.24. The van der Waals surface area contributed by atoms with E-state index in [9.17, 15) is 0 Å². The third kappa shape index (κ3) is 3.14. The number of hydrogen-bond acceptors (Lipinski definition) is 4. The molecule has 15 heavy (non-hydrogen) atoms. The number of alkyl halides is 1. The number of nitrogens with one attached hydrogen (secondary N) is 2. The van der Waals surface area contributed by atoms with Crippen molar-refractivity contribution in [2.24, 2.45) is 4.99 Å². The monoisotopic (exact) mass is 285 g/mol. The zero-order valence-corrected chi connectivity index (χ0v) is 10.6. The molecule has 1 aromatic carbocycles. The van der Waals surface area contributed by atoms with Crippen LogP contribution in [0.3, 0.4) is 0 Å². The molecule has 0 bridgehead atoms. The lowest BCUT2D eigenvalue weighted by Crippen LogP contribution is -2.25. The molecular weight excluding hydrogens is 274 g/mol. The third-order valence-corrected chi connectivity index (χ3v) is 3.52. The number of amidine groups is 1. The van der Waals surface area contributed by atoms with Crippen molar-refractivity contribution >= 4 is 38.5 Å². The smallest absolute Gasteiger partial charge is 0.175 e. The highest BCUT2D eigenvalue weighted by molar-refractivity contribution is 9.08. The van der Waals surface area contributed by atoms with Gasteiger partial charge in [-0.25, -0.2) is 0 Å². The summed E-state index contributed by atoms with van der Waals surface area (Å²) >= 11 is 5.17. The van der Waals surface area contributed by atoms with Gasteiger partial charge < -0.3 is 0 Å². The van der Waals surface area contributed by atoms with Crippen LogP contribution >= 0.6 is 27.7 Å². The second-order valence-corrected chi connectivity index (χ2v) is 4.76. The van der Waals surface area contributed by atoms with Crippen LogP contribution < -0.4 is 10.9 Å². The molecule has 0 saturated heterocycles. The molecule has 0 saturated carbocycles. The molecule has 0 aromatic heterocycles. The van der Waals surface area contributed by atoms with E-state index in [0.717, 1.165) is 28.5 Å². The Hall–Kier alpha value is -0.680. The van der Waals surface area contributed by atoms with E-state index in [0.29, 0.717) is 0 Å². The van der Waals surface area contributed by atoms with Gasteiger partial charge in [-0.3, -0.25) is 15.8 Å². The summed E-state index contributed by atoms with van der Waals surface area (Å²) in [6.45, 7) is 0.913. The Bertz CT molecular complexity index is 367. The van der Waals surface area contributed by atoms with Gasteiger partial charge in [-0.15, -0.1) is 0 Å². The molecule has 0 spiro atoms. The van der Waals surface area contributed by atoms with Gasteiger partial charge in [0.15, 0.2) is 5.17 Å². The number of aliphatic imine (C=N–C) groups is 1. The molecule has 0 aliphatic carbocycles. The number of hydrogen-bond donors (Lipinski definition) is 2. The van der Waals surface area contributed by atoms with Crippen LogP contribution in [0, 0.1) is 0 Å². The van der Waals surface area contributed by atoms with E-state index in [4.69, 9.17) is 0 Å².